The first kappa shape index (κ1) is 17.1. The van der Waals surface area contributed by atoms with Crippen molar-refractivity contribution in [1.82, 2.24) is 9.78 Å². The van der Waals surface area contributed by atoms with Crippen LogP contribution in [-0.2, 0) is 18.3 Å². The number of rotatable bonds is 1. The maximum atomic E-state index is 13.6. The van der Waals surface area contributed by atoms with Crippen molar-refractivity contribution in [1.29, 1.82) is 0 Å². The predicted molar refractivity (Wildman–Crippen MR) is 104 cm³/mol. The van der Waals surface area contributed by atoms with Crippen molar-refractivity contribution in [3.8, 4) is 0 Å². The zero-order chi connectivity index (χ0) is 18.6. The van der Waals surface area contributed by atoms with Gasteiger partial charge in [0.25, 0.3) is 5.91 Å². The lowest BCUT2D eigenvalue weighted by Crippen LogP contribution is -2.42. The summed E-state index contributed by atoms with van der Waals surface area (Å²) in [5.74, 6) is 0.413. The summed E-state index contributed by atoms with van der Waals surface area (Å²) >= 11 is 0. The number of anilines is 2. The van der Waals surface area contributed by atoms with Crippen LogP contribution in [0.1, 0.15) is 52.5 Å². The van der Waals surface area contributed by atoms with Crippen LogP contribution in [0.3, 0.4) is 0 Å². The van der Waals surface area contributed by atoms with E-state index in [1.807, 2.05) is 6.92 Å². The van der Waals surface area contributed by atoms with E-state index < -0.39 is 5.41 Å². The first-order chi connectivity index (χ1) is 12.3. The lowest BCUT2D eigenvalue weighted by Gasteiger charge is -2.36. The van der Waals surface area contributed by atoms with Gasteiger partial charge in [-0.15, -0.1) is 0 Å². The molecule has 1 aromatic carbocycles. The van der Waals surface area contributed by atoms with Crippen LogP contribution in [0.25, 0.3) is 0 Å². The largest absolute Gasteiger partial charge is 0.385 e. The number of aromatic nitrogens is 2. The lowest BCUT2D eigenvalue weighted by atomic mass is 9.74. The third-order valence-electron chi connectivity index (χ3n) is 5.99. The minimum atomic E-state index is -0.651. The Labute approximate surface area is 153 Å². The van der Waals surface area contributed by atoms with Crippen LogP contribution < -0.4 is 16.8 Å². The molecule has 2 heterocycles. The Bertz CT molecular complexity index is 900. The molecule has 2 atom stereocenters. The van der Waals surface area contributed by atoms with Crippen LogP contribution in [0.5, 0.6) is 0 Å². The Hall–Kier alpha value is -2.34. The Morgan fingerprint density at radius 1 is 1.38 bits per heavy atom. The second kappa shape index (κ2) is 5.84. The first-order valence-electron chi connectivity index (χ1n) is 9.33. The SMILES string of the molecule is Cc1cc(C)c2c(c1)C(C)(C(=O)n1nc3c(c1N)CC(N)CC3)CCN2. The average Bonchev–Trinajstić information content (AvgIpc) is 2.91. The van der Waals surface area contributed by atoms with Crippen LogP contribution in [0, 0.1) is 13.8 Å². The molecule has 0 saturated carbocycles. The van der Waals surface area contributed by atoms with Crippen molar-refractivity contribution in [2.24, 2.45) is 5.73 Å². The van der Waals surface area contributed by atoms with Crippen molar-refractivity contribution in [3.05, 3.63) is 40.1 Å². The van der Waals surface area contributed by atoms with Gasteiger partial charge in [-0.1, -0.05) is 17.7 Å². The molecule has 2 unspecified atom stereocenters. The molecule has 6 nitrogen and oxygen atoms in total. The summed E-state index contributed by atoms with van der Waals surface area (Å²) in [5.41, 5.74) is 18.1. The number of aryl methyl sites for hydroxylation is 3. The van der Waals surface area contributed by atoms with Gasteiger partial charge in [0.1, 0.15) is 5.82 Å². The number of carbonyl (C=O) groups excluding carboxylic acids is 1. The standard InChI is InChI=1S/C20H27N5O/c1-11-8-12(2)17-15(9-11)20(3,6-7-23-17)19(26)25-18(22)14-10-13(21)4-5-16(14)24-25/h8-9,13,23H,4-7,10,21-22H2,1-3H3. The highest BCUT2D eigenvalue weighted by atomic mass is 16.2. The summed E-state index contributed by atoms with van der Waals surface area (Å²) < 4.78 is 1.44. The number of carbonyl (C=O) groups is 1. The van der Waals surface area contributed by atoms with Gasteiger partial charge in [-0.25, -0.2) is 0 Å². The maximum Gasteiger partial charge on any atom is 0.259 e. The third-order valence-corrected chi connectivity index (χ3v) is 5.99. The number of nitrogens with one attached hydrogen (secondary N) is 1. The topological polar surface area (TPSA) is 99.0 Å². The normalized spacial score (nSPS) is 24.5. The van der Waals surface area contributed by atoms with Gasteiger partial charge in [-0.2, -0.15) is 9.78 Å². The highest BCUT2D eigenvalue weighted by molar-refractivity contribution is 5.94. The zero-order valence-corrected chi connectivity index (χ0v) is 15.7. The van der Waals surface area contributed by atoms with Crippen molar-refractivity contribution >= 4 is 17.4 Å². The summed E-state index contributed by atoms with van der Waals surface area (Å²) in [6.45, 7) is 6.91. The van der Waals surface area contributed by atoms with Crippen LogP contribution >= 0.6 is 0 Å². The van der Waals surface area contributed by atoms with Gasteiger partial charge in [-0.05, 0) is 57.6 Å². The van der Waals surface area contributed by atoms with Gasteiger partial charge in [0.05, 0.1) is 11.1 Å². The quantitative estimate of drug-likeness (QED) is 0.731. The number of nitrogens with two attached hydrogens (primary N) is 2. The molecule has 1 aromatic heterocycles. The maximum absolute atomic E-state index is 13.6. The third kappa shape index (κ3) is 2.43. The van der Waals surface area contributed by atoms with E-state index in [1.165, 1.54) is 4.68 Å². The number of nitrogens with zero attached hydrogens (tertiary/aromatic N) is 2. The smallest absolute Gasteiger partial charge is 0.259 e. The number of hydrogen-bond acceptors (Lipinski definition) is 5. The minimum Gasteiger partial charge on any atom is -0.385 e. The molecule has 0 saturated heterocycles. The lowest BCUT2D eigenvalue weighted by molar-refractivity contribution is 0.0785. The number of nitrogen functional groups attached to an aromatic ring is 1. The van der Waals surface area contributed by atoms with E-state index in [0.717, 1.165) is 53.0 Å². The Morgan fingerprint density at radius 3 is 2.92 bits per heavy atom. The van der Waals surface area contributed by atoms with E-state index in [1.54, 1.807) is 0 Å². The molecule has 0 radical (unpaired) electrons. The van der Waals surface area contributed by atoms with Gasteiger partial charge >= 0.3 is 0 Å². The fourth-order valence-corrected chi connectivity index (χ4v) is 4.44. The van der Waals surface area contributed by atoms with E-state index in [4.69, 9.17) is 11.5 Å². The molecule has 0 spiro atoms. The monoisotopic (exact) mass is 353 g/mol. The van der Waals surface area contributed by atoms with Gasteiger partial charge in [0, 0.05) is 23.8 Å². The highest BCUT2D eigenvalue weighted by Crippen LogP contribution is 2.41. The Kier molecular flexibility index (Phi) is 3.84. The van der Waals surface area contributed by atoms with Crippen LogP contribution in [0.15, 0.2) is 12.1 Å². The molecule has 26 heavy (non-hydrogen) atoms. The van der Waals surface area contributed by atoms with Gasteiger partial charge in [0.2, 0.25) is 0 Å². The fraction of sp³-hybridized carbons (Fsp3) is 0.500. The fourth-order valence-electron chi connectivity index (χ4n) is 4.44. The number of fused-ring (bicyclic) bond motifs is 2. The summed E-state index contributed by atoms with van der Waals surface area (Å²) in [6, 6.07) is 4.35. The Morgan fingerprint density at radius 2 is 2.15 bits per heavy atom. The van der Waals surface area contributed by atoms with Crippen LogP contribution in [0.2, 0.25) is 0 Å². The Balaban J connectivity index is 1.81. The molecule has 4 rings (SSSR count). The van der Waals surface area contributed by atoms with E-state index in [2.05, 4.69) is 36.4 Å². The van der Waals surface area contributed by atoms with Crippen LogP contribution in [0.4, 0.5) is 11.5 Å². The summed E-state index contributed by atoms with van der Waals surface area (Å²) in [7, 11) is 0. The van der Waals surface area contributed by atoms with Gasteiger partial charge < -0.3 is 16.8 Å². The molecule has 6 heteroatoms. The van der Waals surface area contributed by atoms with Gasteiger partial charge in [-0.3, -0.25) is 4.79 Å². The summed E-state index contributed by atoms with van der Waals surface area (Å²) in [5, 5.41) is 8.05. The summed E-state index contributed by atoms with van der Waals surface area (Å²) in [4.78, 5) is 13.6. The van der Waals surface area contributed by atoms with E-state index in [0.29, 0.717) is 18.7 Å². The van der Waals surface area contributed by atoms with Crippen molar-refractivity contribution in [3.63, 3.8) is 0 Å². The van der Waals surface area contributed by atoms with E-state index in [-0.39, 0.29) is 11.9 Å². The van der Waals surface area contributed by atoms with Crippen LogP contribution in [-0.4, -0.2) is 28.3 Å². The molecule has 2 aromatic rings. The molecule has 1 aliphatic carbocycles. The average molecular weight is 353 g/mol. The molecule has 2 aliphatic rings. The number of benzene rings is 1. The second-order valence-electron chi connectivity index (χ2n) is 8.04. The molecule has 0 bridgehead atoms. The molecule has 0 fully saturated rings. The second-order valence-corrected chi connectivity index (χ2v) is 8.04. The molecular weight excluding hydrogens is 326 g/mol. The van der Waals surface area contributed by atoms with Crippen molar-refractivity contribution < 1.29 is 4.79 Å². The molecule has 1 aliphatic heterocycles. The van der Waals surface area contributed by atoms with E-state index >= 15 is 0 Å². The van der Waals surface area contributed by atoms with Crippen molar-refractivity contribution in [2.75, 3.05) is 17.6 Å². The predicted octanol–water partition coefficient (Wildman–Crippen LogP) is 2.31. The van der Waals surface area contributed by atoms with E-state index in [9.17, 15) is 4.79 Å². The highest BCUT2D eigenvalue weighted by Gasteiger charge is 2.42. The molecule has 0 amide bonds. The minimum absolute atomic E-state index is 0.0503. The number of hydrogen-bond donors (Lipinski definition) is 3. The van der Waals surface area contributed by atoms with Crippen molar-refractivity contribution in [2.45, 2.75) is 57.9 Å². The first-order valence-corrected chi connectivity index (χ1v) is 9.33. The molecule has 138 valence electrons. The van der Waals surface area contributed by atoms with Gasteiger partial charge in [0.15, 0.2) is 0 Å². The summed E-state index contributed by atoms with van der Waals surface area (Å²) in [6.07, 6.45) is 3.08. The molecular formula is C20H27N5O. The zero-order valence-electron chi connectivity index (χ0n) is 15.7. The molecule has 5 N–H and O–H groups in total.